The molecule has 0 radical (unpaired) electrons. The lowest BCUT2D eigenvalue weighted by atomic mass is 9.76. The molecule has 108 valence electrons. The van der Waals surface area contributed by atoms with Gasteiger partial charge in [-0.2, -0.15) is 0 Å². The van der Waals surface area contributed by atoms with E-state index in [-0.39, 0.29) is 12.0 Å². The Morgan fingerprint density at radius 1 is 1.25 bits per heavy atom. The van der Waals surface area contributed by atoms with Crippen LogP contribution in [0.1, 0.15) is 25.6 Å². The highest BCUT2D eigenvalue weighted by Crippen LogP contribution is 2.41. The number of nitrogens with zero attached hydrogens (tertiary/aromatic N) is 1. The minimum atomic E-state index is -1.09. The molecule has 0 amide bonds. The van der Waals surface area contributed by atoms with Gasteiger partial charge in [0.25, 0.3) is 0 Å². The first kappa shape index (κ1) is 15.3. The van der Waals surface area contributed by atoms with Gasteiger partial charge in [0.1, 0.15) is 18.0 Å². The van der Waals surface area contributed by atoms with Crippen LogP contribution in [0.5, 0.6) is 5.75 Å². The highest BCUT2D eigenvalue weighted by Gasteiger charge is 2.43. The number of ether oxygens (including phenoxy) is 1. The maximum atomic E-state index is 11.0. The van der Waals surface area contributed by atoms with E-state index in [0.717, 1.165) is 4.88 Å². The molecule has 0 spiro atoms. The summed E-state index contributed by atoms with van der Waals surface area (Å²) in [5, 5.41) is 11.7. The smallest absolute Gasteiger partial charge is 0.139 e. The van der Waals surface area contributed by atoms with Gasteiger partial charge < -0.3 is 9.84 Å². The molecule has 0 aliphatic heterocycles. The van der Waals surface area contributed by atoms with E-state index in [4.69, 9.17) is 16.3 Å². The Hall–Kier alpha value is -1.10. The number of halogens is 1. The molecule has 0 aliphatic rings. The third-order valence-electron chi connectivity index (χ3n) is 3.34. The first-order chi connectivity index (χ1) is 9.33. The van der Waals surface area contributed by atoms with Crippen LogP contribution in [-0.4, -0.2) is 16.7 Å². The normalized spacial score (nSPS) is 14.8. The average Bonchev–Trinajstić information content (AvgIpc) is 2.90. The fourth-order valence-electron chi connectivity index (χ4n) is 1.80. The number of hydrogen-bond donors (Lipinski definition) is 1. The molecule has 1 N–H and O–H groups in total. The van der Waals surface area contributed by atoms with Crippen LogP contribution in [0.4, 0.5) is 0 Å². The predicted molar refractivity (Wildman–Crippen MR) is 82.4 cm³/mol. The molecule has 2 rings (SSSR count). The molecule has 5 heteroatoms. The number of hydrogen-bond acceptors (Lipinski definition) is 4. The molecule has 1 atom stereocenters. The fourth-order valence-corrected chi connectivity index (χ4v) is 2.84. The zero-order valence-electron chi connectivity index (χ0n) is 11.8. The summed E-state index contributed by atoms with van der Waals surface area (Å²) < 4.78 is 5.75. The van der Waals surface area contributed by atoms with Crippen molar-refractivity contribution in [3.63, 3.8) is 0 Å². The zero-order chi connectivity index (χ0) is 14.8. The first-order valence-corrected chi connectivity index (χ1v) is 7.58. The van der Waals surface area contributed by atoms with Gasteiger partial charge in [-0.15, -0.1) is 11.3 Å². The van der Waals surface area contributed by atoms with Crippen LogP contribution in [0.25, 0.3) is 0 Å². The van der Waals surface area contributed by atoms with Crippen molar-refractivity contribution in [1.82, 2.24) is 4.98 Å². The van der Waals surface area contributed by atoms with Crippen molar-refractivity contribution in [3.8, 4) is 5.75 Å². The zero-order valence-corrected chi connectivity index (χ0v) is 13.3. The summed E-state index contributed by atoms with van der Waals surface area (Å²) in [6.07, 6.45) is 1.70. The van der Waals surface area contributed by atoms with Gasteiger partial charge in [-0.3, -0.25) is 4.98 Å². The molecule has 20 heavy (non-hydrogen) atoms. The van der Waals surface area contributed by atoms with Crippen molar-refractivity contribution in [3.05, 3.63) is 45.9 Å². The van der Waals surface area contributed by atoms with E-state index in [1.165, 1.54) is 11.3 Å². The van der Waals surface area contributed by atoms with Gasteiger partial charge in [0.15, 0.2) is 0 Å². The SMILES string of the molecule is CC(C)(C)C(O)(COc1ccc(Cl)cc1)c1cncs1. The van der Waals surface area contributed by atoms with E-state index < -0.39 is 5.60 Å². The minimum Gasteiger partial charge on any atom is -0.490 e. The number of aromatic nitrogens is 1. The summed E-state index contributed by atoms with van der Waals surface area (Å²) >= 11 is 7.28. The summed E-state index contributed by atoms with van der Waals surface area (Å²) in [5.41, 5.74) is 0.258. The van der Waals surface area contributed by atoms with Crippen molar-refractivity contribution in [2.24, 2.45) is 5.41 Å². The number of thiazole rings is 1. The van der Waals surface area contributed by atoms with Crippen molar-refractivity contribution in [1.29, 1.82) is 0 Å². The average molecular weight is 312 g/mol. The Bertz CT molecular complexity index is 548. The van der Waals surface area contributed by atoms with E-state index in [1.807, 2.05) is 20.8 Å². The molecule has 1 aromatic heterocycles. The Balaban J connectivity index is 2.20. The van der Waals surface area contributed by atoms with E-state index in [2.05, 4.69) is 4.98 Å². The van der Waals surface area contributed by atoms with Gasteiger partial charge in [-0.1, -0.05) is 32.4 Å². The Morgan fingerprint density at radius 2 is 1.90 bits per heavy atom. The molecule has 1 heterocycles. The molecule has 0 saturated heterocycles. The van der Waals surface area contributed by atoms with Gasteiger partial charge in [0.2, 0.25) is 0 Å². The highest BCUT2D eigenvalue weighted by atomic mass is 35.5. The number of rotatable bonds is 4. The number of benzene rings is 1. The summed E-state index contributed by atoms with van der Waals surface area (Å²) in [6, 6.07) is 7.11. The van der Waals surface area contributed by atoms with Crippen LogP contribution in [0, 0.1) is 5.41 Å². The fraction of sp³-hybridized carbons (Fsp3) is 0.400. The van der Waals surface area contributed by atoms with Crippen LogP contribution in [0.15, 0.2) is 36.0 Å². The monoisotopic (exact) mass is 311 g/mol. The minimum absolute atomic E-state index is 0.167. The van der Waals surface area contributed by atoms with Crippen molar-refractivity contribution < 1.29 is 9.84 Å². The molecule has 1 aromatic carbocycles. The highest BCUT2D eigenvalue weighted by molar-refractivity contribution is 7.09. The topological polar surface area (TPSA) is 42.4 Å². The van der Waals surface area contributed by atoms with Gasteiger partial charge in [0.05, 0.1) is 10.4 Å². The molecule has 1 unspecified atom stereocenters. The molecule has 0 saturated carbocycles. The maximum absolute atomic E-state index is 11.0. The van der Waals surface area contributed by atoms with Gasteiger partial charge >= 0.3 is 0 Å². The van der Waals surface area contributed by atoms with E-state index in [1.54, 1.807) is 36.0 Å². The van der Waals surface area contributed by atoms with E-state index in [9.17, 15) is 5.11 Å². The van der Waals surface area contributed by atoms with E-state index >= 15 is 0 Å². The maximum Gasteiger partial charge on any atom is 0.139 e. The van der Waals surface area contributed by atoms with Gasteiger partial charge in [0, 0.05) is 11.2 Å². The largest absolute Gasteiger partial charge is 0.490 e. The number of aliphatic hydroxyl groups is 1. The molecule has 2 aromatic rings. The lowest BCUT2D eigenvalue weighted by molar-refractivity contribution is -0.0918. The van der Waals surface area contributed by atoms with Crippen molar-refractivity contribution >= 4 is 22.9 Å². The third kappa shape index (κ3) is 3.14. The van der Waals surface area contributed by atoms with Gasteiger partial charge in [-0.05, 0) is 29.7 Å². The van der Waals surface area contributed by atoms with E-state index in [0.29, 0.717) is 10.8 Å². The summed E-state index contributed by atoms with van der Waals surface area (Å²) in [6.45, 7) is 6.12. The van der Waals surface area contributed by atoms with Crippen LogP contribution in [-0.2, 0) is 5.60 Å². The van der Waals surface area contributed by atoms with Crippen LogP contribution < -0.4 is 4.74 Å². The Kier molecular flexibility index (Phi) is 4.37. The molecule has 0 aliphatic carbocycles. The lowest BCUT2D eigenvalue weighted by Gasteiger charge is -2.38. The molecule has 0 fully saturated rings. The quantitative estimate of drug-likeness (QED) is 0.924. The first-order valence-electron chi connectivity index (χ1n) is 6.33. The third-order valence-corrected chi connectivity index (χ3v) is 4.52. The summed E-state index contributed by atoms with van der Waals surface area (Å²) in [7, 11) is 0. The van der Waals surface area contributed by atoms with Crippen molar-refractivity contribution in [2.75, 3.05) is 6.61 Å². The predicted octanol–water partition coefficient (Wildman–Crippen LogP) is 4.11. The second-order valence-electron chi connectivity index (χ2n) is 5.72. The Labute approximate surface area is 128 Å². The summed E-state index contributed by atoms with van der Waals surface area (Å²) in [5.74, 6) is 0.682. The van der Waals surface area contributed by atoms with Crippen LogP contribution >= 0.6 is 22.9 Å². The second kappa shape index (κ2) is 5.72. The molecular formula is C15H18ClNO2S. The van der Waals surface area contributed by atoms with Crippen LogP contribution in [0.3, 0.4) is 0 Å². The standard InChI is InChI=1S/C15H18ClNO2S/c1-14(2,3)15(18,13-8-17-10-20-13)9-19-12-6-4-11(16)5-7-12/h4-8,10,18H,9H2,1-3H3. The molecule has 3 nitrogen and oxygen atoms in total. The molecule has 0 bridgehead atoms. The summed E-state index contributed by atoms with van der Waals surface area (Å²) in [4.78, 5) is 4.86. The van der Waals surface area contributed by atoms with Gasteiger partial charge in [-0.25, -0.2) is 0 Å². The second-order valence-corrected chi connectivity index (χ2v) is 7.04. The molecular weight excluding hydrogens is 294 g/mol. The van der Waals surface area contributed by atoms with Crippen molar-refractivity contribution in [2.45, 2.75) is 26.4 Å². The lowest BCUT2D eigenvalue weighted by Crippen LogP contribution is -2.44. The Morgan fingerprint density at radius 3 is 2.40 bits per heavy atom. The van der Waals surface area contributed by atoms with Crippen LogP contribution in [0.2, 0.25) is 5.02 Å².